The van der Waals surface area contributed by atoms with Gasteiger partial charge in [0.25, 0.3) is 0 Å². The van der Waals surface area contributed by atoms with Gasteiger partial charge in [-0.15, -0.1) is 0 Å². The van der Waals surface area contributed by atoms with Crippen LogP contribution in [0.15, 0.2) is 48.2 Å². The number of para-hydroxylation sites is 2. The average molecular weight is 343 g/mol. The lowest BCUT2D eigenvalue weighted by atomic mass is 9.85. The molecule has 1 aromatic carbocycles. The van der Waals surface area contributed by atoms with Gasteiger partial charge in [0.2, 0.25) is 0 Å². The molecule has 0 aliphatic rings. The largest absolute Gasteiger partial charge is 0.368 e. The zero-order valence-corrected chi connectivity index (χ0v) is 17.6. The van der Waals surface area contributed by atoms with Crippen LogP contribution in [0.1, 0.15) is 61.3 Å². The molecule has 0 fully saturated rings. The molecule has 0 radical (unpaired) electrons. The lowest BCUT2D eigenvalue weighted by Gasteiger charge is -2.43. The number of hydrogen-bond acceptors (Lipinski definition) is 2. The molecule has 0 amide bonds. The molecule has 0 saturated heterocycles. The molecule has 2 nitrogen and oxygen atoms in total. The minimum absolute atomic E-state index is 0.0853. The molecule has 0 heterocycles. The fraction of sp³-hybridized carbons (Fsp3) is 0.565. The van der Waals surface area contributed by atoms with Gasteiger partial charge in [-0.2, -0.15) is 0 Å². The van der Waals surface area contributed by atoms with Crippen LogP contribution in [0.2, 0.25) is 0 Å². The van der Waals surface area contributed by atoms with Crippen molar-refractivity contribution in [3.8, 4) is 0 Å². The van der Waals surface area contributed by atoms with Crippen molar-refractivity contribution in [3.05, 3.63) is 48.2 Å². The Hall–Kier alpha value is -1.70. The number of nitrogens with one attached hydrogen (secondary N) is 1. The summed E-state index contributed by atoms with van der Waals surface area (Å²) < 4.78 is 0. The Morgan fingerprint density at radius 1 is 1.20 bits per heavy atom. The van der Waals surface area contributed by atoms with Crippen LogP contribution in [0.25, 0.3) is 0 Å². The van der Waals surface area contributed by atoms with Crippen LogP contribution >= 0.6 is 0 Å². The van der Waals surface area contributed by atoms with E-state index in [2.05, 4.69) is 96.6 Å². The average Bonchev–Trinajstić information content (AvgIpc) is 2.59. The molecule has 0 spiro atoms. The third kappa shape index (κ3) is 4.90. The van der Waals surface area contributed by atoms with Gasteiger partial charge in [-0.25, -0.2) is 0 Å². The molecular weight excluding hydrogens is 304 g/mol. The molecule has 0 aliphatic carbocycles. The normalized spacial score (nSPS) is 14.1. The predicted molar refractivity (Wildman–Crippen MR) is 114 cm³/mol. The van der Waals surface area contributed by atoms with Gasteiger partial charge < -0.3 is 10.2 Å². The van der Waals surface area contributed by atoms with E-state index < -0.39 is 0 Å². The van der Waals surface area contributed by atoms with Crippen LogP contribution < -0.4 is 10.2 Å². The topological polar surface area (TPSA) is 15.3 Å². The standard InChI is InChI=1S/C23H38N2/c1-10-18(6)23(7,8)25(9)22-16-14-13-15-21(22)24-20(12-3)19(11-2)17(4)5/h11,13-18,24H,2,10,12H2,1,3-9H3/b20-19-. The Balaban J connectivity index is 3.31. The van der Waals surface area contributed by atoms with Crippen LogP contribution in [-0.2, 0) is 0 Å². The van der Waals surface area contributed by atoms with Gasteiger partial charge >= 0.3 is 0 Å². The van der Waals surface area contributed by atoms with Gasteiger partial charge in [-0.3, -0.25) is 0 Å². The fourth-order valence-electron chi connectivity index (χ4n) is 3.25. The molecule has 1 unspecified atom stereocenters. The zero-order valence-electron chi connectivity index (χ0n) is 17.6. The van der Waals surface area contributed by atoms with E-state index in [0.717, 1.165) is 6.42 Å². The molecule has 0 saturated carbocycles. The van der Waals surface area contributed by atoms with E-state index in [1.54, 1.807) is 0 Å². The van der Waals surface area contributed by atoms with Crippen molar-refractivity contribution in [2.24, 2.45) is 11.8 Å². The van der Waals surface area contributed by atoms with Gasteiger partial charge in [0.15, 0.2) is 0 Å². The molecule has 140 valence electrons. The molecule has 1 atom stereocenters. The summed E-state index contributed by atoms with van der Waals surface area (Å²) in [7, 11) is 2.21. The first-order chi connectivity index (χ1) is 11.7. The number of nitrogens with zero attached hydrogens (tertiary/aromatic N) is 1. The minimum Gasteiger partial charge on any atom is -0.368 e. The van der Waals surface area contributed by atoms with Crippen LogP contribution in [0.3, 0.4) is 0 Å². The second-order valence-corrected chi connectivity index (χ2v) is 7.81. The van der Waals surface area contributed by atoms with Crippen LogP contribution in [0.4, 0.5) is 11.4 Å². The minimum atomic E-state index is 0.0853. The Kier molecular flexibility index (Phi) is 7.79. The smallest absolute Gasteiger partial charge is 0.0619 e. The highest BCUT2D eigenvalue weighted by Gasteiger charge is 2.30. The maximum atomic E-state index is 4.02. The van der Waals surface area contributed by atoms with Crippen molar-refractivity contribution < 1.29 is 0 Å². The monoisotopic (exact) mass is 342 g/mol. The fourth-order valence-corrected chi connectivity index (χ4v) is 3.25. The van der Waals surface area contributed by atoms with Crippen molar-refractivity contribution in [2.75, 3.05) is 17.3 Å². The van der Waals surface area contributed by atoms with Gasteiger partial charge in [0.1, 0.15) is 0 Å². The van der Waals surface area contributed by atoms with Crippen LogP contribution in [0.5, 0.6) is 0 Å². The SMILES string of the molecule is C=C/C(=C(\CC)Nc1ccccc1N(C)C(C)(C)C(C)CC)C(C)C. The quantitative estimate of drug-likeness (QED) is 0.493. The third-order valence-corrected chi connectivity index (χ3v) is 5.78. The molecule has 0 aliphatic heterocycles. The van der Waals surface area contributed by atoms with Crippen molar-refractivity contribution in [2.45, 2.75) is 66.8 Å². The second kappa shape index (κ2) is 9.12. The summed E-state index contributed by atoms with van der Waals surface area (Å²) in [6.45, 7) is 19.9. The first-order valence-corrected chi connectivity index (χ1v) is 9.65. The summed E-state index contributed by atoms with van der Waals surface area (Å²) in [5, 5.41) is 3.71. The summed E-state index contributed by atoms with van der Waals surface area (Å²) in [6.07, 6.45) is 4.12. The van der Waals surface area contributed by atoms with Crippen molar-refractivity contribution in [3.63, 3.8) is 0 Å². The molecule has 0 bridgehead atoms. The molecule has 25 heavy (non-hydrogen) atoms. The van der Waals surface area contributed by atoms with Gasteiger partial charge in [-0.1, -0.05) is 65.8 Å². The predicted octanol–water partition coefficient (Wildman–Crippen LogP) is 6.87. The lowest BCUT2D eigenvalue weighted by Crippen LogP contribution is -2.46. The number of hydrogen-bond donors (Lipinski definition) is 1. The highest BCUT2D eigenvalue weighted by atomic mass is 15.2. The number of rotatable bonds is 9. The van der Waals surface area contributed by atoms with Gasteiger partial charge in [0, 0.05) is 18.3 Å². The summed E-state index contributed by atoms with van der Waals surface area (Å²) in [6, 6.07) is 8.61. The highest BCUT2D eigenvalue weighted by Crippen LogP contribution is 2.35. The van der Waals surface area contributed by atoms with Crippen LogP contribution in [0, 0.1) is 11.8 Å². The van der Waals surface area contributed by atoms with E-state index in [-0.39, 0.29) is 5.54 Å². The van der Waals surface area contributed by atoms with E-state index in [0.29, 0.717) is 11.8 Å². The first-order valence-electron chi connectivity index (χ1n) is 9.65. The number of anilines is 2. The number of allylic oxidation sites excluding steroid dienone is 3. The maximum absolute atomic E-state index is 4.02. The molecule has 1 aromatic rings. The van der Waals surface area contributed by atoms with E-state index in [1.165, 1.54) is 29.1 Å². The van der Waals surface area contributed by atoms with Gasteiger partial charge in [0.05, 0.1) is 11.4 Å². The summed E-state index contributed by atoms with van der Waals surface area (Å²) >= 11 is 0. The van der Waals surface area contributed by atoms with E-state index >= 15 is 0 Å². The van der Waals surface area contributed by atoms with Crippen LogP contribution in [-0.4, -0.2) is 12.6 Å². The summed E-state index contributed by atoms with van der Waals surface area (Å²) in [4.78, 5) is 2.42. The first kappa shape index (κ1) is 21.3. The maximum Gasteiger partial charge on any atom is 0.0619 e. The zero-order chi connectivity index (χ0) is 19.2. The van der Waals surface area contributed by atoms with Crippen molar-refractivity contribution in [1.82, 2.24) is 0 Å². The molecule has 2 heteroatoms. The molecule has 0 aromatic heterocycles. The van der Waals surface area contributed by atoms with E-state index in [9.17, 15) is 0 Å². The Morgan fingerprint density at radius 2 is 1.80 bits per heavy atom. The summed E-state index contributed by atoms with van der Waals surface area (Å²) in [5.41, 5.74) is 5.04. The second-order valence-electron chi connectivity index (χ2n) is 7.81. The van der Waals surface area contributed by atoms with E-state index in [4.69, 9.17) is 0 Å². The third-order valence-electron chi connectivity index (χ3n) is 5.78. The number of benzene rings is 1. The summed E-state index contributed by atoms with van der Waals surface area (Å²) in [5.74, 6) is 1.06. The highest BCUT2D eigenvalue weighted by molar-refractivity contribution is 5.72. The Labute approximate surface area is 156 Å². The molecular formula is C23H38N2. The van der Waals surface area contributed by atoms with Crippen molar-refractivity contribution in [1.29, 1.82) is 0 Å². The van der Waals surface area contributed by atoms with E-state index in [1.807, 2.05) is 6.08 Å². The molecule has 1 rings (SSSR count). The molecule has 1 N–H and O–H groups in total. The Bertz CT molecular complexity index is 596. The van der Waals surface area contributed by atoms with Crippen molar-refractivity contribution >= 4 is 11.4 Å². The lowest BCUT2D eigenvalue weighted by molar-refractivity contribution is 0.323. The van der Waals surface area contributed by atoms with Gasteiger partial charge in [-0.05, 0) is 49.8 Å². The Morgan fingerprint density at radius 3 is 2.28 bits per heavy atom.